The molecule has 0 radical (unpaired) electrons. The smallest absolute Gasteiger partial charge is 0.0706 e. The number of halogens is 1. The molecule has 0 unspecified atom stereocenters. The van der Waals surface area contributed by atoms with Crippen LogP contribution in [0.1, 0.15) is 6.42 Å². The molecule has 0 aliphatic rings. The lowest BCUT2D eigenvalue weighted by Crippen LogP contribution is -2.30. The van der Waals surface area contributed by atoms with E-state index in [2.05, 4.69) is 21.5 Å². The first kappa shape index (κ1) is 9.36. The first-order valence-corrected chi connectivity index (χ1v) is 4.00. The molecule has 0 saturated heterocycles. The van der Waals surface area contributed by atoms with Crippen molar-refractivity contribution in [2.45, 2.75) is 6.42 Å². The predicted molar refractivity (Wildman–Crippen MR) is 41.2 cm³/mol. The average Bonchev–Trinajstić information content (AvgIpc) is 1.80. The van der Waals surface area contributed by atoms with E-state index in [0.29, 0.717) is 0 Å². The van der Waals surface area contributed by atoms with Crippen LogP contribution in [0.25, 0.3) is 0 Å². The van der Waals surface area contributed by atoms with E-state index in [1.807, 2.05) is 14.1 Å². The number of rotatable bonds is 5. The van der Waals surface area contributed by atoms with E-state index in [4.69, 9.17) is 4.84 Å². The van der Waals surface area contributed by atoms with Gasteiger partial charge in [0.1, 0.15) is 0 Å². The van der Waals surface area contributed by atoms with Crippen LogP contribution >= 0.6 is 15.9 Å². The van der Waals surface area contributed by atoms with Crippen molar-refractivity contribution in [1.82, 2.24) is 10.6 Å². The summed E-state index contributed by atoms with van der Waals surface area (Å²) in [4.78, 5) is 4.98. The van der Waals surface area contributed by atoms with E-state index in [1.54, 1.807) is 5.01 Å². The Morgan fingerprint density at radius 2 is 2.22 bits per heavy atom. The number of hydrogen-bond donors (Lipinski definition) is 1. The molecular formula is C5H13BrN2O. The maximum Gasteiger partial charge on any atom is 0.0706 e. The lowest BCUT2D eigenvalue weighted by atomic mass is 10.5. The summed E-state index contributed by atoms with van der Waals surface area (Å²) in [7, 11) is 3.77. The van der Waals surface area contributed by atoms with Gasteiger partial charge in [0.05, 0.1) is 6.61 Å². The van der Waals surface area contributed by atoms with Crippen LogP contribution < -0.4 is 5.59 Å². The van der Waals surface area contributed by atoms with Crippen molar-refractivity contribution in [3.8, 4) is 0 Å². The summed E-state index contributed by atoms with van der Waals surface area (Å²) in [6.45, 7) is 0.740. The normalized spacial score (nSPS) is 10.7. The minimum absolute atomic E-state index is 0.740. The minimum Gasteiger partial charge on any atom is -0.287 e. The Kier molecular flexibility index (Phi) is 6.74. The van der Waals surface area contributed by atoms with Gasteiger partial charge in [-0.3, -0.25) is 4.84 Å². The molecule has 0 aliphatic carbocycles. The molecule has 1 N–H and O–H groups in total. The van der Waals surface area contributed by atoms with Gasteiger partial charge in [0.15, 0.2) is 0 Å². The highest BCUT2D eigenvalue weighted by atomic mass is 79.9. The maximum absolute atomic E-state index is 4.98. The number of nitrogens with one attached hydrogen (secondary N) is 1. The Hall–Kier alpha value is 0.360. The molecule has 0 fully saturated rings. The lowest BCUT2D eigenvalue weighted by Gasteiger charge is -2.10. The van der Waals surface area contributed by atoms with Crippen LogP contribution in [0, 0.1) is 0 Å². The van der Waals surface area contributed by atoms with Gasteiger partial charge in [-0.05, 0) is 6.42 Å². The Morgan fingerprint density at radius 1 is 1.56 bits per heavy atom. The third kappa shape index (κ3) is 8.36. The molecule has 4 heteroatoms. The van der Waals surface area contributed by atoms with Crippen molar-refractivity contribution in [1.29, 1.82) is 0 Å². The fourth-order valence-corrected chi connectivity index (χ4v) is 0.530. The third-order valence-corrected chi connectivity index (χ3v) is 1.19. The summed E-state index contributed by atoms with van der Waals surface area (Å²) >= 11 is 3.30. The van der Waals surface area contributed by atoms with Gasteiger partial charge < -0.3 is 0 Å². The average molecular weight is 197 g/mol. The van der Waals surface area contributed by atoms with Gasteiger partial charge in [0.2, 0.25) is 0 Å². The second kappa shape index (κ2) is 6.48. The molecule has 0 saturated carbocycles. The van der Waals surface area contributed by atoms with Crippen LogP contribution in [0.4, 0.5) is 0 Å². The quantitative estimate of drug-likeness (QED) is 0.400. The molecule has 0 aromatic carbocycles. The van der Waals surface area contributed by atoms with Crippen molar-refractivity contribution in [2.75, 3.05) is 26.0 Å². The first-order valence-electron chi connectivity index (χ1n) is 2.88. The zero-order valence-corrected chi connectivity index (χ0v) is 7.44. The Bertz CT molecular complexity index is 60.9. The summed E-state index contributed by atoms with van der Waals surface area (Å²) in [5.74, 6) is 0. The number of alkyl halides is 1. The van der Waals surface area contributed by atoms with E-state index in [1.165, 1.54) is 0 Å². The zero-order chi connectivity index (χ0) is 7.11. The second-order valence-electron chi connectivity index (χ2n) is 1.88. The Labute approximate surface area is 64.4 Å². The summed E-state index contributed by atoms with van der Waals surface area (Å²) in [5.41, 5.74) is 2.69. The van der Waals surface area contributed by atoms with Gasteiger partial charge in [-0.15, -0.1) is 5.59 Å². The van der Waals surface area contributed by atoms with E-state index >= 15 is 0 Å². The molecule has 0 amide bonds. The van der Waals surface area contributed by atoms with Gasteiger partial charge in [0, 0.05) is 19.4 Å². The van der Waals surface area contributed by atoms with Crippen LogP contribution in [0.3, 0.4) is 0 Å². The lowest BCUT2D eigenvalue weighted by molar-refractivity contribution is -0.0583. The van der Waals surface area contributed by atoms with E-state index in [0.717, 1.165) is 18.4 Å². The molecule has 9 heavy (non-hydrogen) atoms. The molecule has 0 bridgehead atoms. The summed E-state index contributed by atoms with van der Waals surface area (Å²) in [6.07, 6.45) is 1.03. The highest BCUT2D eigenvalue weighted by molar-refractivity contribution is 9.09. The van der Waals surface area contributed by atoms with Gasteiger partial charge in [-0.25, -0.2) is 5.01 Å². The molecule has 0 aromatic rings. The van der Waals surface area contributed by atoms with Crippen LogP contribution in [0.2, 0.25) is 0 Å². The summed E-state index contributed by atoms with van der Waals surface area (Å²) < 4.78 is 0. The van der Waals surface area contributed by atoms with Crippen LogP contribution in [0.5, 0.6) is 0 Å². The molecule has 0 rings (SSSR count). The number of hydrogen-bond acceptors (Lipinski definition) is 3. The van der Waals surface area contributed by atoms with Crippen molar-refractivity contribution in [2.24, 2.45) is 0 Å². The predicted octanol–water partition coefficient (Wildman–Crippen LogP) is 0.769. The maximum atomic E-state index is 4.98. The standard InChI is InChI=1S/C5H13BrN2O/c1-8(2)7-9-5-3-4-6/h7H,3-5H2,1-2H3. The van der Waals surface area contributed by atoms with E-state index in [9.17, 15) is 0 Å². The highest BCUT2D eigenvalue weighted by Crippen LogP contribution is 1.86. The second-order valence-corrected chi connectivity index (χ2v) is 2.67. The molecule has 56 valence electrons. The zero-order valence-electron chi connectivity index (χ0n) is 5.85. The molecule has 0 spiro atoms. The van der Waals surface area contributed by atoms with Crippen LogP contribution in [-0.2, 0) is 4.84 Å². The fraction of sp³-hybridized carbons (Fsp3) is 1.00. The summed E-state index contributed by atoms with van der Waals surface area (Å²) in [6, 6.07) is 0. The summed E-state index contributed by atoms with van der Waals surface area (Å²) in [5, 5.41) is 2.75. The van der Waals surface area contributed by atoms with Gasteiger partial charge in [-0.1, -0.05) is 15.9 Å². The third-order valence-electron chi connectivity index (χ3n) is 0.627. The van der Waals surface area contributed by atoms with Gasteiger partial charge in [0.25, 0.3) is 0 Å². The van der Waals surface area contributed by atoms with Gasteiger partial charge >= 0.3 is 0 Å². The van der Waals surface area contributed by atoms with E-state index in [-0.39, 0.29) is 0 Å². The minimum atomic E-state index is 0.740. The number of nitrogens with zero attached hydrogens (tertiary/aromatic N) is 1. The van der Waals surface area contributed by atoms with Crippen molar-refractivity contribution >= 4 is 15.9 Å². The fourth-order valence-electron chi connectivity index (χ4n) is 0.301. The van der Waals surface area contributed by atoms with E-state index < -0.39 is 0 Å². The molecule has 0 aliphatic heterocycles. The molecular weight excluding hydrogens is 184 g/mol. The van der Waals surface area contributed by atoms with Crippen molar-refractivity contribution in [3.63, 3.8) is 0 Å². The molecule has 0 heterocycles. The largest absolute Gasteiger partial charge is 0.287 e. The monoisotopic (exact) mass is 196 g/mol. The van der Waals surface area contributed by atoms with Crippen molar-refractivity contribution < 1.29 is 4.84 Å². The Balaban J connectivity index is 2.75. The molecule has 3 nitrogen and oxygen atoms in total. The first-order chi connectivity index (χ1) is 4.27. The molecule has 0 aromatic heterocycles. The Morgan fingerprint density at radius 3 is 2.67 bits per heavy atom. The molecule has 0 atom stereocenters. The topological polar surface area (TPSA) is 24.5 Å². The van der Waals surface area contributed by atoms with Crippen LogP contribution in [-0.4, -0.2) is 31.0 Å². The van der Waals surface area contributed by atoms with Crippen LogP contribution in [0.15, 0.2) is 0 Å². The number of hydrazine groups is 1. The SMILES string of the molecule is CN(C)NOCCCBr. The van der Waals surface area contributed by atoms with Crippen molar-refractivity contribution in [3.05, 3.63) is 0 Å². The highest BCUT2D eigenvalue weighted by Gasteiger charge is 1.86. The van der Waals surface area contributed by atoms with Gasteiger partial charge in [-0.2, -0.15) is 0 Å².